The van der Waals surface area contributed by atoms with Crippen LogP contribution in [0.25, 0.3) is 0 Å². The number of piperidine rings is 1. The summed E-state index contributed by atoms with van der Waals surface area (Å²) in [6.45, 7) is 7.01. The van der Waals surface area contributed by atoms with Crippen LogP contribution in [-0.4, -0.2) is 88.9 Å². The van der Waals surface area contributed by atoms with Crippen molar-refractivity contribution in [3.63, 3.8) is 0 Å². The molecule has 3 aliphatic rings. The van der Waals surface area contributed by atoms with E-state index in [1.807, 2.05) is 7.05 Å². The summed E-state index contributed by atoms with van der Waals surface area (Å²) in [6, 6.07) is 0. The summed E-state index contributed by atoms with van der Waals surface area (Å²) in [4.78, 5) is 6.80. The molecular weight excluding hydrogens is 485 g/mol. The minimum absolute atomic E-state index is 0. The molecule has 8 heteroatoms. The highest BCUT2D eigenvalue weighted by molar-refractivity contribution is 14.0. The van der Waals surface area contributed by atoms with E-state index < -0.39 is 0 Å². The molecular formula is C21H40IN3O4. The summed E-state index contributed by atoms with van der Waals surface area (Å²) < 4.78 is 23.2. The molecule has 0 bridgehead atoms. The van der Waals surface area contributed by atoms with Gasteiger partial charge in [0.1, 0.15) is 0 Å². The number of aliphatic imine (C=N–C) groups is 1. The predicted octanol–water partition coefficient (Wildman–Crippen LogP) is 2.82. The maximum atomic E-state index is 6.12. The molecule has 7 nitrogen and oxygen atoms in total. The smallest absolute Gasteiger partial charge is 0.193 e. The third kappa shape index (κ3) is 9.25. The van der Waals surface area contributed by atoms with Gasteiger partial charge in [0, 0.05) is 53.1 Å². The van der Waals surface area contributed by atoms with E-state index in [9.17, 15) is 0 Å². The van der Waals surface area contributed by atoms with Crippen molar-refractivity contribution in [2.75, 3.05) is 59.7 Å². The average Bonchev–Trinajstić information content (AvgIpc) is 2.77. The molecule has 0 aromatic heterocycles. The Balaban J connectivity index is 0.00000300. The summed E-state index contributed by atoms with van der Waals surface area (Å²) in [5.74, 6) is 1.00. The Bertz CT molecular complexity index is 449. The van der Waals surface area contributed by atoms with Gasteiger partial charge in [-0.2, -0.15) is 0 Å². The van der Waals surface area contributed by atoms with E-state index >= 15 is 0 Å². The van der Waals surface area contributed by atoms with E-state index in [1.54, 1.807) is 0 Å². The molecule has 170 valence electrons. The van der Waals surface area contributed by atoms with Crippen molar-refractivity contribution in [3.8, 4) is 0 Å². The Kier molecular flexibility index (Phi) is 12.8. The molecule has 29 heavy (non-hydrogen) atoms. The minimum atomic E-state index is 0. The van der Waals surface area contributed by atoms with Gasteiger partial charge in [-0.3, -0.25) is 4.99 Å². The van der Waals surface area contributed by atoms with E-state index in [4.69, 9.17) is 18.9 Å². The van der Waals surface area contributed by atoms with Gasteiger partial charge >= 0.3 is 0 Å². The maximum Gasteiger partial charge on any atom is 0.193 e. The third-order valence-electron chi connectivity index (χ3n) is 5.87. The van der Waals surface area contributed by atoms with E-state index in [0.29, 0.717) is 18.3 Å². The van der Waals surface area contributed by atoms with Crippen LogP contribution in [0.15, 0.2) is 4.99 Å². The van der Waals surface area contributed by atoms with Gasteiger partial charge in [0.15, 0.2) is 5.96 Å². The molecule has 3 saturated heterocycles. The van der Waals surface area contributed by atoms with Crippen LogP contribution >= 0.6 is 24.0 Å². The van der Waals surface area contributed by atoms with Gasteiger partial charge in [-0.15, -0.1) is 24.0 Å². The highest BCUT2D eigenvalue weighted by Gasteiger charge is 2.23. The number of nitrogens with zero attached hydrogens (tertiary/aromatic N) is 2. The maximum absolute atomic E-state index is 6.12. The molecule has 0 aromatic carbocycles. The summed E-state index contributed by atoms with van der Waals surface area (Å²) in [5, 5.41) is 3.49. The largest absolute Gasteiger partial charge is 0.381 e. The van der Waals surface area contributed by atoms with Gasteiger partial charge in [0.2, 0.25) is 0 Å². The van der Waals surface area contributed by atoms with Gasteiger partial charge in [-0.05, 0) is 51.4 Å². The van der Waals surface area contributed by atoms with Crippen LogP contribution in [0.5, 0.6) is 0 Å². The SMILES string of the molecule is CN=C(NCCCOC1CCOCC1)N1CCC(OCC2CCCCO2)CC1.I. The Morgan fingerprint density at radius 3 is 2.45 bits per heavy atom. The Morgan fingerprint density at radius 2 is 1.76 bits per heavy atom. The lowest BCUT2D eigenvalue weighted by atomic mass is 10.1. The van der Waals surface area contributed by atoms with Crippen molar-refractivity contribution in [2.45, 2.75) is 69.7 Å². The molecule has 0 spiro atoms. The van der Waals surface area contributed by atoms with E-state index in [2.05, 4.69) is 15.2 Å². The fourth-order valence-corrected chi connectivity index (χ4v) is 4.11. The van der Waals surface area contributed by atoms with Gasteiger partial charge in [0.05, 0.1) is 24.9 Å². The molecule has 3 rings (SSSR count). The van der Waals surface area contributed by atoms with Crippen molar-refractivity contribution < 1.29 is 18.9 Å². The second-order valence-corrected chi connectivity index (χ2v) is 8.02. The molecule has 0 radical (unpaired) electrons. The van der Waals surface area contributed by atoms with Crippen molar-refractivity contribution in [2.24, 2.45) is 4.99 Å². The third-order valence-corrected chi connectivity index (χ3v) is 5.87. The molecule has 1 N–H and O–H groups in total. The second-order valence-electron chi connectivity index (χ2n) is 8.02. The van der Waals surface area contributed by atoms with Gasteiger partial charge in [-0.1, -0.05) is 0 Å². The van der Waals surface area contributed by atoms with Crippen LogP contribution in [0.2, 0.25) is 0 Å². The Labute approximate surface area is 193 Å². The second kappa shape index (κ2) is 14.8. The lowest BCUT2D eigenvalue weighted by molar-refractivity contribution is -0.0721. The van der Waals surface area contributed by atoms with Crippen LogP contribution in [0.4, 0.5) is 0 Å². The summed E-state index contributed by atoms with van der Waals surface area (Å²) in [6.07, 6.45) is 9.82. The molecule has 1 unspecified atom stereocenters. The van der Waals surface area contributed by atoms with Crippen LogP contribution in [0.1, 0.15) is 51.4 Å². The van der Waals surface area contributed by atoms with Gasteiger partial charge in [0.25, 0.3) is 0 Å². The number of nitrogens with one attached hydrogen (secondary N) is 1. The van der Waals surface area contributed by atoms with Crippen molar-refractivity contribution in [1.29, 1.82) is 0 Å². The Morgan fingerprint density at radius 1 is 1.00 bits per heavy atom. The minimum Gasteiger partial charge on any atom is -0.381 e. The number of rotatable bonds is 8. The number of guanidine groups is 1. The van der Waals surface area contributed by atoms with Crippen LogP contribution < -0.4 is 5.32 Å². The first kappa shape index (κ1) is 25.1. The van der Waals surface area contributed by atoms with Crippen molar-refractivity contribution >= 4 is 29.9 Å². The average molecular weight is 525 g/mol. The van der Waals surface area contributed by atoms with Crippen molar-refractivity contribution in [1.82, 2.24) is 10.2 Å². The van der Waals surface area contributed by atoms with Crippen molar-refractivity contribution in [3.05, 3.63) is 0 Å². The highest BCUT2D eigenvalue weighted by Crippen LogP contribution is 2.18. The van der Waals surface area contributed by atoms with Gasteiger partial charge in [-0.25, -0.2) is 0 Å². The topological polar surface area (TPSA) is 64.6 Å². The molecule has 0 amide bonds. The van der Waals surface area contributed by atoms with E-state index in [-0.39, 0.29) is 24.0 Å². The number of ether oxygens (including phenoxy) is 4. The van der Waals surface area contributed by atoms with Crippen LogP contribution in [0, 0.1) is 0 Å². The molecule has 1 atom stereocenters. The Hall–Kier alpha value is -0.160. The normalized spacial score (nSPS) is 24.9. The number of halogens is 1. The lowest BCUT2D eigenvalue weighted by Gasteiger charge is -2.35. The quantitative estimate of drug-likeness (QED) is 0.228. The molecule has 3 fully saturated rings. The van der Waals surface area contributed by atoms with Crippen LogP contribution in [0.3, 0.4) is 0 Å². The van der Waals surface area contributed by atoms with Gasteiger partial charge < -0.3 is 29.2 Å². The van der Waals surface area contributed by atoms with E-state index in [1.165, 1.54) is 12.8 Å². The molecule has 0 aromatic rings. The molecule has 3 aliphatic heterocycles. The lowest BCUT2D eigenvalue weighted by Crippen LogP contribution is -2.47. The first-order chi connectivity index (χ1) is 13.8. The summed E-state index contributed by atoms with van der Waals surface area (Å²) in [5.41, 5.74) is 0. The summed E-state index contributed by atoms with van der Waals surface area (Å²) >= 11 is 0. The standard InChI is InChI=1S/C21H39N3O4.HI/c1-22-21(23-10-4-14-26-19-8-15-25-16-9-19)24-11-6-18(7-12-24)28-17-20-5-2-3-13-27-20;/h18-20H,2-17H2,1H3,(H,22,23);1H. The molecule has 0 saturated carbocycles. The fourth-order valence-electron chi connectivity index (χ4n) is 4.11. The fraction of sp³-hybridized carbons (Fsp3) is 0.952. The highest BCUT2D eigenvalue weighted by atomic mass is 127. The first-order valence-electron chi connectivity index (χ1n) is 11.2. The number of hydrogen-bond donors (Lipinski definition) is 1. The number of likely N-dealkylation sites (tertiary alicyclic amines) is 1. The monoisotopic (exact) mass is 525 g/mol. The zero-order valence-corrected chi connectivity index (χ0v) is 20.3. The zero-order valence-electron chi connectivity index (χ0n) is 18.0. The van der Waals surface area contributed by atoms with Crippen LogP contribution in [-0.2, 0) is 18.9 Å². The number of hydrogen-bond acceptors (Lipinski definition) is 5. The van der Waals surface area contributed by atoms with E-state index in [0.717, 1.165) is 97.2 Å². The summed E-state index contributed by atoms with van der Waals surface area (Å²) in [7, 11) is 1.86. The zero-order chi connectivity index (χ0) is 19.4. The molecule has 3 heterocycles. The first-order valence-corrected chi connectivity index (χ1v) is 11.2. The molecule has 0 aliphatic carbocycles. The predicted molar refractivity (Wildman–Crippen MR) is 125 cm³/mol.